The predicted octanol–water partition coefficient (Wildman–Crippen LogP) is 2.57. The molecule has 0 radical (unpaired) electrons. The highest BCUT2D eigenvalue weighted by molar-refractivity contribution is 5.98. The molecule has 1 aromatic heterocycles. The van der Waals surface area contributed by atoms with Gasteiger partial charge >= 0.3 is 0 Å². The summed E-state index contributed by atoms with van der Waals surface area (Å²) < 4.78 is 6.74. The maximum atomic E-state index is 12.3. The van der Waals surface area contributed by atoms with E-state index in [9.17, 15) is 9.59 Å². The Bertz CT molecular complexity index is 667. The van der Waals surface area contributed by atoms with Crippen LogP contribution >= 0.6 is 0 Å². The minimum absolute atomic E-state index is 0.180. The van der Waals surface area contributed by atoms with Gasteiger partial charge in [-0.15, -0.1) is 0 Å². The molecule has 5 heteroatoms. The zero-order chi connectivity index (χ0) is 16.3. The summed E-state index contributed by atoms with van der Waals surface area (Å²) in [5.74, 6) is 0.315. The summed E-state index contributed by atoms with van der Waals surface area (Å²) >= 11 is 0. The van der Waals surface area contributed by atoms with Crippen molar-refractivity contribution in [1.82, 2.24) is 9.88 Å². The van der Waals surface area contributed by atoms with Crippen molar-refractivity contribution in [1.29, 1.82) is 0 Å². The fourth-order valence-corrected chi connectivity index (χ4v) is 2.45. The first kappa shape index (κ1) is 15.8. The number of rotatable bonds is 4. The number of hydrogen-bond donors (Lipinski definition) is 1. The number of methoxy groups -OCH3 is 1. The van der Waals surface area contributed by atoms with Gasteiger partial charge in [-0.05, 0) is 56.2 Å². The SMILES string of the molecule is COc1c(C)cc(C(=O)NC(C)C(=O)n2cccc2)cc1C. The summed E-state index contributed by atoms with van der Waals surface area (Å²) in [6.07, 6.45) is 3.32. The Labute approximate surface area is 129 Å². The fraction of sp³-hybridized carbons (Fsp3) is 0.294. The molecular weight excluding hydrogens is 280 g/mol. The van der Waals surface area contributed by atoms with Crippen molar-refractivity contribution in [2.24, 2.45) is 0 Å². The van der Waals surface area contributed by atoms with Crippen molar-refractivity contribution in [2.45, 2.75) is 26.8 Å². The van der Waals surface area contributed by atoms with Gasteiger partial charge in [0.25, 0.3) is 11.8 Å². The van der Waals surface area contributed by atoms with Gasteiger partial charge in [0.05, 0.1) is 7.11 Å². The molecule has 116 valence electrons. The largest absolute Gasteiger partial charge is 0.496 e. The van der Waals surface area contributed by atoms with E-state index in [2.05, 4.69) is 5.32 Å². The van der Waals surface area contributed by atoms with Gasteiger partial charge in [0.2, 0.25) is 0 Å². The van der Waals surface area contributed by atoms with E-state index in [0.29, 0.717) is 5.56 Å². The molecule has 0 saturated heterocycles. The standard InChI is InChI=1S/C17H20N2O3/c1-11-9-14(10-12(2)15(11)22-4)16(20)18-13(3)17(21)19-7-5-6-8-19/h5-10,13H,1-4H3,(H,18,20). The first-order chi connectivity index (χ1) is 10.4. The highest BCUT2D eigenvalue weighted by atomic mass is 16.5. The average molecular weight is 300 g/mol. The molecule has 1 amide bonds. The molecule has 22 heavy (non-hydrogen) atoms. The second kappa shape index (κ2) is 6.47. The lowest BCUT2D eigenvalue weighted by atomic mass is 10.0. The lowest BCUT2D eigenvalue weighted by molar-refractivity contribution is 0.0814. The summed E-state index contributed by atoms with van der Waals surface area (Å²) in [6.45, 7) is 5.44. The third-order valence-electron chi connectivity index (χ3n) is 3.50. The second-order valence-corrected chi connectivity index (χ2v) is 5.27. The van der Waals surface area contributed by atoms with Crippen LogP contribution in [0, 0.1) is 13.8 Å². The van der Waals surface area contributed by atoms with Gasteiger partial charge in [-0.3, -0.25) is 14.2 Å². The van der Waals surface area contributed by atoms with Crippen LogP contribution in [0.2, 0.25) is 0 Å². The first-order valence-electron chi connectivity index (χ1n) is 7.07. The van der Waals surface area contributed by atoms with Gasteiger partial charge in [-0.25, -0.2) is 0 Å². The molecule has 0 spiro atoms. The Morgan fingerprint density at radius 1 is 1.14 bits per heavy atom. The van der Waals surface area contributed by atoms with E-state index in [0.717, 1.165) is 16.9 Å². The number of carbonyl (C=O) groups excluding carboxylic acids is 2. The van der Waals surface area contributed by atoms with Crippen molar-refractivity contribution in [2.75, 3.05) is 7.11 Å². The molecule has 1 aromatic carbocycles. The molecule has 0 aliphatic heterocycles. The Kier molecular flexibility index (Phi) is 4.65. The van der Waals surface area contributed by atoms with Crippen LogP contribution in [0.1, 0.15) is 33.2 Å². The van der Waals surface area contributed by atoms with Crippen LogP contribution in [0.25, 0.3) is 0 Å². The van der Waals surface area contributed by atoms with Crippen LogP contribution in [-0.2, 0) is 0 Å². The van der Waals surface area contributed by atoms with Crippen LogP contribution in [0.15, 0.2) is 36.7 Å². The molecule has 2 rings (SSSR count). The zero-order valence-corrected chi connectivity index (χ0v) is 13.2. The number of hydrogen-bond acceptors (Lipinski definition) is 3. The minimum atomic E-state index is -0.609. The van der Waals surface area contributed by atoms with E-state index >= 15 is 0 Å². The number of benzene rings is 1. The number of ether oxygens (including phenoxy) is 1. The normalized spacial score (nSPS) is 11.8. The van der Waals surface area contributed by atoms with E-state index in [1.807, 2.05) is 13.8 Å². The molecule has 2 aromatic rings. The highest BCUT2D eigenvalue weighted by Gasteiger charge is 2.18. The van der Waals surface area contributed by atoms with E-state index < -0.39 is 6.04 Å². The maximum absolute atomic E-state index is 12.3. The lowest BCUT2D eigenvalue weighted by Gasteiger charge is -2.15. The molecule has 1 unspecified atom stereocenters. The minimum Gasteiger partial charge on any atom is -0.496 e. The Hall–Kier alpha value is -2.56. The molecule has 0 fully saturated rings. The highest BCUT2D eigenvalue weighted by Crippen LogP contribution is 2.24. The van der Waals surface area contributed by atoms with E-state index in [4.69, 9.17) is 4.74 Å². The lowest BCUT2D eigenvalue weighted by Crippen LogP contribution is -2.40. The van der Waals surface area contributed by atoms with Crippen molar-refractivity contribution in [3.8, 4) is 5.75 Å². The number of nitrogens with zero attached hydrogens (tertiary/aromatic N) is 1. The number of aromatic nitrogens is 1. The molecule has 0 bridgehead atoms. The molecule has 1 heterocycles. The van der Waals surface area contributed by atoms with Crippen LogP contribution in [0.5, 0.6) is 5.75 Å². The van der Waals surface area contributed by atoms with Crippen molar-refractivity contribution < 1.29 is 14.3 Å². The molecule has 0 aliphatic rings. The number of carbonyl (C=O) groups is 2. The third kappa shape index (κ3) is 3.19. The summed E-state index contributed by atoms with van der Waals surface area (Å²) in [6, 6.07) is 6.44. The summed E-state index contributed by atoms with van der Waals surface area (Å²) in [5, 5.41) is 2.73. The first-order valence-corrected chi connectivity index (χ1v) is 7.07. The van der Waals surface area contributed by atoms with Crippen LogP contribution < -0.4 is 10.1 Å². The summed E-state index contributed by atoms with van der Waals surface area (Å²) in [4.78, 5) is 24.5. The van der Waals surface area contributed by atoms with Gasteiger partial charge < -0.3 is 10.1 Å². The molecule has 1 atom stereocenters. The van der Waals surface area contributed by atoms with Crippen molar-refractivity contribution in [3.63, 3.8) is 0 Å². The van der Waals surface area contributed by atoms with E-state index in [1.165, 1.54) is 4.57 Å². The number of aryl methyl sites for hydroxylation is 2. The van der Waals surface area contributed by atoms with E-state index in [1.54, 1.807) is 50.7 Å². The molecule has 1 N–H and O–H groups in total. The van der Waals surface area contributed by atoms with E-state index in [-0.39, 0.29) is 11.8 Å². The molecule has 5 nitrogen and oxygen atoms in total. The zero-order valence-electron chi connectivity index (χ0n) is 13.2. The second-order valence-electron chi connectivity index (χ2n) is 5.27. The van der Waals surface area contributed by atoms with Gasteiger partial charge in [-0.2, -0.15) is 0 Å². The van der Waals surface area contributed by atoms with Gasteiger partial charge in [0, 0.05) is 18.0 Å². The number of nitrogens with one attached hydrogen (secondary N) is 1. The van der Waals surface area contributed by atoms with Crippen molar-refractivity contribution in [3.05, 3.63) is 53.3 Å². The molecular formula is C17H20N2O3. The number of amides is 1. The maximum Gasteiger partial charge on any atom is 0.252 e. The average Bonchev–Trinajstić information content (AvgIpc) is 3.00. The van der Waals surface area contributed by atoms with Crippen LogP contribution in [0.4, 0.5) is 0 Å². The van der Waals surface area contributed by atoms with Crippen LogP contribution in [0.3, 0.4) is 0 Å². The van der Waals surface area contributed by atoms with Crippen LogP contribution in [-0.4, -0.2) is 29.5 Å². The molecule has 0 aliphatic carbocycles. The van der Waals surface area contributed by atoms with Gasteiger partial charge in [0.1, 0.15) is 11.8 Å². The van der Waals surface area contributed by atoms with Gasteiger partial charge in [0.15, 0.2) is 0 Å². The third-order valence-corrected chi connectivity index (χ3v) is 3.50. The summed E-state index contributed by atoms with van der Waals surface area (Å²) in [7, 11) is 1.60. The summed E-state index contributed by atoms with van der Waals surface area (Å²) in [5.41, 5.74) is 2.29. The monoisotopic (exact) mass is 300 g/mol. The van der Waals surface area contributed by atoms with Crippen molar-refractivity contribution >= 4 is 11.8 Å². The fourth-order valence-electron chi connectivity index (χ4n) is 2.45. The Morgan fingerprint density at radius 2 is 1.68 bits per heavy atom. The quantitative estimate of drug-likeness (QED) is 0.944. The smallest absolute Gasteiger partial charge is 0.252 e. The van der Waals surface area contributed by atoms with Gasteiger partial charge in [-0.1, -0.05) is 0 Å². The Balaban J connectivity index is 2.14. The Morgan fingerprint density at radius 3 is 2.18 bits per heavy atom. The predicted molar refractivity (Wildman–Crippen MR) is 84.5 cm³/mol. The topological polar surface area (TPSA) is 60.3 Å². The molecule has 0 saturated carbocycles.